The number of carbonyl (C=O) groups excluding carboxylic acids is 1. The number of halogens is 4. The molecule has 0 aromatic heterocycles. The van der Waals surface area contributed by atoms with Gasteiger partial charge < -0.3 is 14.8 Å². The third-order valence-corrected chi connectivity index (χ3v) is 6.12. The zero-order valence-corrected chi connectivity index (χ0v) is 20.7. The molecule has 0 fully saturated rings. The highest BCUT2D eigenvalue weighted by Gasteiger charge is 2.18. The van der Waals surface area contributed by atoms with E-state index >= 15 is 0 Å². The van der Waals surface area contributed by atoms with Crippen LogP contribution in [0.2, 0.25) is 10.0 Å². The van der Waals surface area contributed by atoms with E-state index in [2.05, 4.69) is 21.2 Å². The van der Waals surface area contributed by atoms with Crippen molar-refractivity contribution in [2.45, 2.75) is 4.90 Å². The van der Waals surface area contributed by atoms with Gasteiger partial charge in [-0.15, -0.1) is 0 Å². The van der Waals surface area contributed by atoms with Crippen molar-refractivity contribution in [2.24, 2.45) is 5.14 Å². The first-order valence-electron chi connectivity index (χ1n) is 9.09. The van der Waals surface area contributed by atoms with Crippen molar-refractivity contribution in [1.82, 2.24) is 0 Å². The van der Waals surface area contributed by atoms with Crippen LogP contribution in [0.3, 0.4) is 0 Å². The number of benzene rings is 3. The molecule has 0 radical (unpaired) electrons. The molecular formula is C21H13BrCl2FN3O5S. The third kappa shape index (κ3) is 6.37. The highest BCUT2D eigenvalue weighted by molar-refractivity contribution is 9.10. The van der Waals surface area contributed by atoms with E-state index in [-0.39, 0.29) is 43.4 Å². The topological polar surface area (TPSA) is 132 Å². The van der Waals surface area contributed by atoms with Crippen LogP contribution in [0, 0.1) is 17.1 Å². The van der Waals surface area contributed by atoms with Crippen LogP contribution in [0.25, 0.3) is 0 Å². The second kappa shape index (κ2) is 10.6. The summed E-state index contributed by atoms with van der Waals surface area (Å²) >= 11 is 15.3. The van der Waals surface area contributed by atoms with E-state index in [0.29, 0.717) is 4.47 Å². The molecule has 176 valence electrons. The van der Waals surface area contributed by atoms with Gasteiger partial charge in [0.05, 0.1) is 32.3 Å². The predicted molar refractivity (Wildman–Crippen MR) is 127 cm³/mol. The van der Waals surface area contributed by atoms with E-state index in [1.165, 1.54) is 36.4 Å². The molecule has 0 aliphatic rings. The summed E-state index contributed by atoms with van der Waals surface area (Å²) in [6.07, 6.45) is 0. The van der Waals surface area contributed by atoms with Crippen LogP contribution in [-0.2, 0) is 14.8 Å². The molecule has 0 bridgehead atoms. The zero-order valence-electron chi connectivity index (χ0n) is 16.8. The van der Waals surface area contributed by atoms with Crippen LogP contribution < -0.4 is 19.9 Å². The van der Waals surface area contributed by atoms with Crippen LogP contribution in [0.15, 0.2) is 57.9 Å². The molecule has 0 unspecified atom stereocenters. The molecule has 0 aliphatic carbocycles. The summed E-state index contributed by atoms with van der Waals surface area (Å²) in [7, 11) is -3.96. The molecule has 0 atom stereocenters. The van der Waals surface area contributed by atoms with Gasteiger partial charge in [-0.05, 0) is 48.5 Å². The van der Waals surface area contributed by atoms with Crippen molar-refractivity contribution in [3.63, 3.8) is 0 Å². The third-order valence-electron chi connectivity index (χ3n) is 4.14. The second-order valence-electron chi connectivity index (χ2n) is 6.60. The Bertz CT molecular complexity index is 1430. The number of ether oxygens (including phenoxy) is 2. The maximum Gasteiger partial charge on any atom is 0.262 e. The quantitative estimate of drug-likeness (QED) is 0.389. The van der Waals surface area contributed by atoms with E-state index < -0.39 is 28.4 Å². The number of primary sulfonamides is 1. The zero-order chi connectivity index (χ0) is 25.0. The van der Waals surface area contributed by atoms with Gasteiger partial charge >= 0.3 is 0 Å². The molecule has 1 amide bonds. The molecule has 8 nitrogen and oxygen atoms in total. The number of anilines is 1. The molecular weight excluding hydrogens is 576 g/mol. The predicted octanol–water partition coefficient (Wildman–Crippen LogP) is 5.22. The lowest BCUT2D eigenvalue weighted by Gasteiger charge is -2.13. The van der Waals surface area contributed by atoms with Crippen molar-refractivity contribution in [2.75, 3.05) is 11.9 Å². The van der Waals surface area contributed by atoms with Crippen LogP contribution >= 0.6 is 39.1 Å². The highest BCUT2D eigenvalue weighted by Crippen LogP contribution is 2.38. The molecule has 3 rings (SSSR count). The summed E-state index contributed by atoms with van der Waals surface area (Å²) in [4.78, 5) is 12.0. The van der Waals surface area contributed by atoms with Crippen LogP contribution in [0.4, 0.5) is 10.1 Å². The summed E-state index contributed by atoms with van der Waals surface area (Å²) in [5, 5.41) is 16.4. The summed E-state index contributed by atoms with van der Waals surface area (Å²) in [5.74, 6) is -2.19. The lowest BCUT2D eigenvalue weighted by atomic mass is 10.2. The minimum Gasteiger partial charge on any atom is -0.481 e. The number of nitrogens with two attached hydrogens (primary N) is 1. The molecule has 0 saturated heterocycles. The number of sulfonamides is 1. The number of nitrogens with zero attached hydrogens (tertiary/aromatic N) is 1. The van der Waals surface area contributed by atoms with E-state index in [9.17, 15) is 17.6 Å². The standard InChI is InChI=1S/C21H13BrCl2FN3O5S/c22-12-5-11(9-26)6-13(7-12)33-21-15(23)2-4-18(20(21)25)32-10-19(29)28-17-3-1-14(8-16(17)24)34(27,30)31/h1-8H,10H2,(H,28,29)(H2,27,30,31). The Morgan fingerprint density at radius 2 is 1.88 bits per heavy atom. The number of amides is 1. The number of nitrogens with one attached hydrogen (secondary N) is 1. The number of carbonyl (C=O) groups is 1. The van der Waals surface area contributed by atoms with Crippen LogP contribution in [-0.4, -0.2) is 20.9 Å². The fraction of sp³-hybridized carbons (Fsp3) is 0.0476. The molecule has 0 spiro atoms. The molecule has 0 heterocycles. The Hall–Kier alpha value is -2.88. The Morgan fingerprint density at radius 3 is 2.53 bits per heavy atom. The molecule has 0 saturated carbocycles. The van der Waals surface area contributed by atoms with Gasteiger partial charge in [-0.1, -0.05) is 39.1 Å². The smallest absolute Gasteiger partial charge is 0.262 e. The Labute approximate surface area is 212 Å². The molecule has 0 aliphatic heterocycles. The van der Waals surface area contributed by atoms with Gasteiger partial charge in [0.15, 0.2) is 18.1 Å². The van der Waals surface area contributed by atoms with Gasteiger partial charge in [-0.3, -0.25) is 4.79 Å². The van der Waals surface area contributed by atoms with Crippen molar-refractivity contribution in [3.8, 4) is 23.3 Å². The van der Waals surface area contributed by atoms with Crippen molar-refractivity contribution < 1.29 is 27.1 Å². The first kappa shape index (κ1) is 25.7. The first-order chi connectivity index (χ1) is 16.0. The highest BCUT2D eigenvalue weighted by atomic mass is 79.9. The van der Waals surface area contributed by atoms with Crippen LogP contribution in [0.5, 0.6) is 17.2 Å². The van der Waals surface area contributed by atoms with Crippen molar-refractivity contribution in [1.29, 1.82) is 5.26 Å². The number of nitriles is 1. The summed E-state index contributed by atoms with van der Waals surface area (Å²) < 4.78 is 49.0. The number of rotatable bonds is 7. The van der Waals surface area contributed by atoms with Crippen molar-refractivity contribution >= 4 is 60.7 Å². The van der Waals surface area contributed by atoms with Gasteiger partial charge in [-0.2, -0.15) is 9.65 Å². The summed E-state index contributed by atoms with van der Waals surface area (Å²) in [5.41, 5.74) is 0.381. The van der Waals surface area contributed by atoms with Gasteiger partial charge in [0, 0.05) is 4.47 Å². The largest absolute Gasteiger partial charge is 0.481 e. The molecule has 3 aromatic carbocycles. The summed E-state index contributed by atoms with van der Waals surface area (Å²) in [6.45, 7) is -0.610. The lowest BCUT2D eigenvalue weighted by molar-refractivity contribution is -0.118. The van der Waals surface area contributed by atoms with E-state index in [1.54, 1.807) is 6.07 Å². The van der Waals surface area contributed by atoms with E-state index in [4.69, 9.17) is 43.1 Å². The fourth-order valence-electron chi connectivity index (χ4n) is 2.63. The Morgan fingerprint density at radius 1 is 1.15 bits per heavy atom. The minimum absolute atomic E-state index is 0.0606. The van der Waals surface area contributed by atoms with Gasteiger partial charge in [-0.25, -0.2) is 13.6 Å². The fourth-order valence-corrected chi connectivity index (χ4v) is 4.12. The monoisotopic (exact) mass is 587 g/mol. The van der Waals surface area contributed by atoms with E-state index in [1.807, 2.05) is 6.07 Å². The van der Waals surface area contributed by atoms with Crippen LogP contribution in [0.1, 0.15) is 5.56 Å². The maximum atomic E-state index is 15.0. The SMILES string of the molecule is N#Cc1cc(Br)cc(Oc2c(Cl)ccc(OCC(=O)Nc3ccc(S(N)(=O)=O)cc3Cl)c2F)c1. The Kier molecular flexibility index (Phi) is 8.01. The average Bonchev–Trinajstić information content (AvgIpc) is 2.76. The van der Waals surface area contributed by atoms with Crippen molar-refractivity contribution in [3.05, 3.63) is 74.4 Å². The molecule has 3 N–H and O–H groups in total. The number of hydrogen-bond donors (Lipinski definition) is 2. The minimum atomic E-state index is -3.96. The van der Waals surface area contributed by atoms with Gasteiger partial charge in [0.25, 0.3) is 5.91 Å². The van der Waals surface area contributed by atoms with Gasteiger partial charge in [0.2, 0.25) is 15.8 Å². The lowest BCUT2D eigenvalue weighted by Crippen LogP contribution is -2.21. The average molecular weight is 589 g/mol. The molecule has 3 aromatic rings. The molecule has 13 heteroatoms. The maximum absolute atomic E-state index is 15.0. The second-order valence-corrected chi connectivity index (χ2v) is 9.89. The first-order valence-corrected chi connectivity index (χ1v) is 12.2. The Balaban J connectivity index is 1.73. The molecule has 34 heavy (non-hydrogen) atoms. The number of hydrogen-bond acceptors (Lipinski definition) is 6. The summed E-state index contributed by atoms with van der Waals surface area (Å²) in [6, 6.07) is 12.4. The normalized spacial score (nSPS) is 10.9. The van der Waals surface area contributed by atoms with Gasteiger partial charge in [0.1, 0.15) is 5.75 Å². The van der Waals surface area contributed by atoms with E-state index in [0.717, 1.165) is 6.07 Å².